The van der Waals surface area contributed by atoms with Crippen LogP contribution < -0.4 is 16.8 Å². The molecule has 5 nitrogen and oxygen atoms in total. The number of nitrogens with one attached hydrogen (secondary N) is 1. The highest BCUT2D eigenvalue weighted by Gasteiger charge is 2.05. The van der Waals surface area contributed by atoms with E-state index in [1.165, 1.54) is 0 Å². The maximum atomic E-state index is 11.0. The third-order valence-electron chi connectivity index (χ3n) is 2.46. The molecule has 1 aromatic carbocycles. The van der Waals surface area contributed by atoms with Crippen LogP contribution in [0.15, 0.2) is 24.4 Å². The zero-order chi connectivity index (χ0) is 13.1. The lowest BCUT2D eigenvalue weighted by Crippen LogP contribution is -2.11. The Morgan fingerprint density at radius 2 is 2.28 bits per heavy atom. The van der Waals surface area contributed by atoms with Crippen molar-refractivity contribution >= 4 is 28.6 Å². The second kappa shape index (κ2) is 5.05. The highest BCUT2D eigenvalue weighted by molar-refractivity contribution is 7.11. The van der Waals surface area contributed by atoms with Crippen molar-refractivity contribution in [3.8, 4) is 0 Å². The summed E-state index contributed by atoms with van der Waals surface area (Å²) in [6.45, 7) is 2.62. The number of anilines is 2. The lowest BCUT2D eigenvalue weighted by Gasteiger charge is -2.08. The van der Waals surface area contributed by atoms with Gasteiger partial charge >= 0.3 is 0 Å². The van der Waals surface area contributed by atoms with Crippen molar-refractivity contribution in [2.75, 3.05) is 11.1 Å². The number of nitrogens with two attached hydrogens (primary N) is 2. The molecule has 1 heterocycles. The Morgan fingerprint density at radius 3 is 2.83 bits per heavy atom. The van der Waals surface area contributed by atoms with Crippen LogP contribution in [0.3, 0.4) is 0 Å². The Hall–Kier alpha value is -2.08. The Balaban J connectivity index is 2.08. The number of aromatic nitrogens is 1. The number of nitrogens with zero attached hydrogens (tertiary/aromatic N) is 1. The zero-order valence-corrected chi connectivity index (χ0v) is 10.8. The molecule has 1 amide bonds. The first-order valence-corrected chi connectivity index (χ1v) is 6.22. The van der Waals surface area contributed by atoms with Gasteiger partial charge < -0.3 is 16.8 Å². The molecular weight excluding hydrogens is 248 g/mol. The predicted octanol–water partition coefficient (Wildman–Crippen LogP) is 1.74. The third-order valence-corrected chi connectivity index (χ3v) is 3.37. The summed E-state index contributed by atoms with van der Waals surface area (Å²) in [4.78, 5) is 16.3. The zero-order valence-electron chi connectivity index (χ0n) is 9.93. The second-order valence-electron chi connectivity index (χ2n) is 3.87. The molecule has 5 N–H and O–H groups in total. The molecule has 6 heteroatoms. The van der Waals surface area contributed by atoms with Gasteiger partial charge in [-0.25, -0.2) is 4.98 Å². The Morgan fingerprint density at radius 1 is 1.50 bits per heavy atom. The van der Waals surface area contributed by atoms with Crippen LogP contribution >= 0.6 is 11.3 Å². The van der Waals surface area contributed by atoms with E-state index in [4.69, 9.17) is 11.5 Å². The fraction of sp³-hybridized carbons (Fsp3) is 0.167. The number of nitrogen functional groups attached to an aromatic ring is 1. The maximum absolute atomic E-state index is 11.0. The van der Waals surface area contributed by atoms with Crippen molar-refractivity contribution in [1.82, 2.24) is 4.98 Å². The molecule has 0 fully saturated rings. The summed E-state index contributed by atoms with van der Waals surface area (Å²) < 4.78 is 0. The highest BCUT2D eigenvalue weighted by Crippen LogP contribution is 2.21. The number of carbonyl (C=O) groups is 1. The molecule has 18 heavy (non-hydrogen) atoms. The van der Waals surface area contributed by atoms with Gasteiger partial charge in [0.05, 0.1) is 22.9 Å². The first kappa shape index (κ1) is 12.4. The molecule has 0 aliphatic heterocycles. The molecule has 0 unspecified atom stereocenters. The normalized spacial score (nSPS) is 10.3. The lowest BCUT2D eigenvalue weighted by atomic mass is 10.1. The number of hydrogen-bond donors (Lipinski definition) is 3. The minimum absolute atomic E-state index is 0.409. The summed E-state index contributed by atoms with van der Waals surface area (Å²) in [5, 5.41) is 4.23. The van der Waals surface area contributed by atoms with Gasteiger partial charge in [0.1, 0.15) is 0 Å². The van der Waals surface area contributed by atoms with Crippen molar-refractivity contribution in [2.24, 2.45) is 5.73 Å². The molecule has 0 aliphatic rings. The molecule has 0 saturated heterocycles. The van der Waals surface area contributed by atoms with E-state index in [0.717, 1.165) is 15.6 Å². The quantitative estimate of drug-likeness (QED) is 0.731. The van der Waals surface area contributed by atoms with Crippen molar-refractivity contribution in [3.05, 3.63) is 39.8 Å². The van der Waals surface area contributed by atoms with Crippen LogP contribution in [0.4, 0.5) is 11.4 Å². The minimum atomic E-state index is -0.480. The molecule has 0 atom stereocenters. The molecule has 0 radical (unpaired) electrons. The van der Waals surface area contributed by atoms with Crippen LogP contribution in [0.5, 0.6) is 0 Å². The van der Waals surface area contributed by atoms with Gasteiger partial charge in [0, 0.05) is 16.6 Å². The Labute approximate surface area is 109 Å². The van der Waals surface area contributed by atoms with Crippen molar-refractivity contribution in [2.45, 2.75) is 13.5 Å². The molecule has 1 aromatic heterocycles. The molecule has 2 aromatic rings. The van der Waals surface area contributed by atoms with Crippen LogP contribution in [0.25, 0.3) is 0 Å². The number of carbonyl (C=O) groups excluding carboxylic acids is 1. The number of aryl methyl sites for hydroxylation is 1. The van der Waals surface area contributed by atoms with E-state index >= 15 is 0 Å². The molecule has 0 bridgehead atoms. The molecule has 0 spiro atoms. The standard InChI is InChI=1S/C12H14N4OS/c1-7-15-5-9(18-7)6-16-11-3-2-8(12(14)17)4-10(11)13/h2-5,16H,6,13H2,1H3,(H2,14,17). The molecule has 2 rings (SSSR count). The molecule has 94 valence electrons. The van der Waals surface area contributed by atoms with E-state index in [2.05, 4.69) is 10.3 Å². The van der Waals surface area contributed by atoms with Crippen LogP contribution in [0, 0.1) is 6.92 Å². The topological polar surface area (TPSA) is 94.0 Å². The van der Waals surface area contributed by atoms with Gasteiger partial charge in [-0.2, -0.15) is 0 Å². The highest BCUT2D eigenvalue weighted by atomic mass is 32.1. The predicted molar refractivity (Wildman–Crippen MR) is 73.6 cm³/mol. The van der Waals surface area contributed by atoms with Gasteiger partial charge in [-0.15, -0.1) is 11.3 Å². The van der Waals surface area contributed by atoms with E-state index in [9.17, 15) is 4.79 Å². The van der Waals surface area contributed by atoms with E-state index in [0.29, 0.717) is 17.8 Å². The number of rotatable bonds is 4. The first-order chi connectivity index (χ1) is 8.56. The van der Waals surface area contributed by atoms with Crippen LogP contribution in [0.2, 0.25) is 0 Å². The summed E-state index contributed by atoms with van der Waals surface area (Å²) in [5.74, 6) is -0.480. The van der Waals surface area contributed by atoms with Crippen LogP contribution in [0.1, 0.15) is 20.2 Å². The monoisotopic (exact) mass is 262 g/mol. The third kappa shape index (κ3) is 2.78. The molecular formula is C12H14N4OS. The summed E-state index contributed by atoms with van der Waals surface area (Å²) in [6.07, 6.45) is 1.83. The van der Waals surface area contributed by atoms with E-state index in [-0.39, 0.29) is 0 Å². The Bertz CT molecular complexity index is 579. The van der Waals surface area contributed by atoms with Crippen molar-refractivity contribution in [3.63, 3.8) is 0 Å². The van der Waals surface area contributed by atoms with Gasteiger partial charge in [0.25, 0.3) is 0 Å². The largest absolute Gasteiger partial charge is 0.397 e. The summed E-state index contributed by atoms with van der Waals surface area (Å²) >= 11 is 1.63. The van der Waals surface area contributed by atoms with Gasteiger partial charge in [0.15, 0.2) is 0 Å². The Kier molecular flexibility index (Phi) is 3.47. The van der Waals surface area contributed by atoms with Gasteiger partial charge in [-0.1, -0.05) is 0 Å². The fourth-order valence-corrected chi connectivity index (χ4v) is 2.28. The van der Waals surface area contributed by atoms with Gasteiger partial charge in [-0.3, -0.25) is 4.79 Å². The summed E-state index contributed by atoms with van der Waals surface area (Å²) in [7, 11) is 0. The van der Waals surface area contributed by atoms with E-state index < -0.39 is 5.91 Å². The first-order valence-electron chi connectivity index (χ1n) is 5.41. The van der Waals surface area contributed by atoms with Gasteiger partial charge in [-0.05, 0) is 25.1 Å². The van der Waals surface area contributed by atoms with Gasteiger partial charge in [0.2, 0.25) is 5.91 Å². The summed E-state index contributed by atoms with van der Waals surface area (Å²) in [5.41, 5.74) is 12.7. The number of benzene rings is 1. The SMILES string of the molecule is Cc1ncc(CNc2ccc(C(N)=O)cc2N)s1. The average molecular weight is 262 g/mol. The number of primary amides is 1. The molecule has 0 aliphatic carbocycles. The van der Waals surface area contributed by atoms with Crippen molar-refractivity contribution in [1.29, 1.82) is 0 Å². The van der Waals surface area contributed by atoms with E-state index in [1.54, 1.807) is 29.5 Å². The van der Waals surface area contributed by atoms with Crippen LogP contribution in [-0.2, 0) is 6.54 Å². The smallest absolute Gasteiger partial charge is 0.248 e. The number of amides is 1. The lowest BCUT2D eigenvalue weighted by molar-refractivity contribution is 0.100. The second-order valence-corrected chi connectivity index (χ2v) is 5.18. The minimum Gasteiger partial charge on any atom is -0.397 e. The van der Waals surface area contributed by atoms with E-state index in [1.807, 2.05) is 13.1 Å². The number of thiazole rings is 1. The molecule has 0 saturated carbocycles. The maximum Gasteiger partial charge on any atom is 0.248 e. The fourth-order valence-electron chi connectivity index (χ4n) is 1.55. The number of hydrogen-bond acceptors (Lipinski definition) is 5. The average Bonchev–Trinajstić information content (AvgIpc) is 2.73. The summed E-state index contributed by atoms with van der Waals surface area (Å²) in [6, 6.07) is 4.98. The van der Waals surface area contributed by atoms with Crippen LogP contribution in [-0.4, -0.2) is 10.9 Å². The van der Waals surface area contributed by atoms with Crippen molar-refractivity contribution < 1.29 is 4.79 Å².